The van der Waals surface area contributed by atoms with Gasteiger partial charge in [0.2, 0.25) is 0 Å². The van der Waals surface area contributed by atoms with Crippen molar-refractivity contribution in [2.45, 2.75) is 44.9 Å². The number of benzene rings is 1. The van der Waals surface area contributed by atoms with Crippen LogP contribution in [0.25, 0.3) is 11.5 Å². The van der Waals surface area contributed by atoms with Gasteiger partial charge in [-0.25, -0.2) is 0 Å². The van der Waals surface area contributed by atoms with E-state index in [1.54, 1.807) is 18.2 Å². The molecule has 1 aliphatic rings. The lowest BCUT2D eigenvalue weighted by Crippen LogP contribution is -2.14. The first-order valence-electron chi connectivity index (χ1n) is 7.59. The Morgan fingerprint density at radius 1 is 1.38 bits per heavy atom. The zero-order valence-corrected chi connectivity index (χ0v) is 12.2. The molecule has 0 radical (unpaired) electrons. The van der Waals surface area contributed by atoms with Gasteiger partial charge in [-0.1, -0.05) is 31.3 Å². The highest BCUT2D eigenvalue weighted by Gasteiger charge is 2.26. The predicted molar refractivity (Wildman–Crippen MR) is 80.8 cm³/mol. The van der Waals surface area contributed by atoms with Gasteiger partial charge in [0.15, 0.2) is 5.82 Å². The molecule has 5 heteroatoms. The van der Waals surface area contributed by atoms with E-state index in [1.807, 2.05) is 0 Å². The molecule has 0 bridgehead atoms. The molecule has 0 spiro atoms. The molecule has 1 aromatic carbocycles. The largest absolute Gasteiger partial charge is 0.506 e. The van der Waals surface area contributed by atoms with E-state index in [0.29, 0.717) is 17.5 Å². The second-order valence-electron chi connectivity index (χ2n) is 5.87. The maximum atomic E-state index is 9.46. The molecule has 0 amide bonds. The molecule has 1 aliphatic carbocycles. The summed E-state index contributed by atoms with van der Waals surface area (Å²) in [6.07, 6.45) is 6.04. The van der Waals surface area contributed by atoms with Gasteiger partial charge >= 0.3 is 0 Å². The number of hydrogen-bond acceptors (Lipinski definition) is 5. The summed E-state index contributed by atoms with van der Waals surface area (Å²) in [5, 5.41) is 13.6. The number of aromatic nitrogens is 2. The van der Waals surface area contributed by atoms with Gasteiger partial charge in [-0.15, -0.1) is 0 Å². The van der Waals surface area contributed by atoms with Crippen LogP contribution in [0.1, 0.15) is 50.8 Å². The van der Waals surface area contributed by atoms with E-state index in [4.69, 9.17) is 10.3 Å². The number of aromatic hydroxyl groups is 1. The molecular weight excluding hydrogens is 266 g/mol. The molecule has 2 unspecified atom stereocenters. The van der Waals surface area contributed by atoms with Crippen molar-refractivity contribution in [3.8, 4) is 17.2 Å². The van der Waals surface area contributed by atoms with Crippen LogP contribution in [0.4, 0.5) is 5.69 Å². The van der Waals surface area contributed by atoms with Gasteiger partial charge in [0.25, 0.3) is 5.89 Å². The molecule has 1 aromatic heterocycles. The Hall–Kier alpha value is -2.04. The van der Waals surface area contributed by atoms with Crippen LogP contribution in [0.15, 0.2) is 22.7 Å². The number of phenolic OH excluding ortho intramolecular Hbond substituents is 1. The Kier molecular flexibility index (Phi) is 3.82. The summed E-state index contributed by atoms with van der Waals surface area (Å²) in [6, 6.07) is 4.93. The average molecular weight is 287 g/mol. The van der Waals surface area contributed by atoms with E-state index >= 15 is 0 Å². The standard InChI is InChI=1S/C16H21N3O2/c1-2-10-4-3-5-11(8-10)15-18-16(21-19-15)12-6-7-14(20)13(17)9-12/h6-7,9-11,20H,2-5,8,17H2,1H3. The lowest BCUT2D eigenvalue weighted by Gasteiger charge is -2.26. The van der Waals surface area contributed by atoms with E-state index in [1.165, 1.54) is 19.3 Å². The fraction of sp³-hybridized carbons (Fsp3) is 0.500. The highest BCUT2D eigenvalue weighted by molar-refractivity contribution is 5.64. The van der Waals surface area contributed by atoms with Gasteiger partial charge in [0, 0.05) is 11.5 Å². The first kappa shape index (κ1) is 13.9. The predicted octanol–water partition coefficient (Wildman–Crippen LogP) is 3.71. The number of rotatable bonds is 3. The molecule has 3 rings (SSSR count). The van der Waals surface area contributed by atoms with Crippen molar-refractivity contribution >= 4 is 5.69 Å². The minimum Gasteiger partial charge on any atom is -0.506 e. The van der Waals surface area contributed by atoms with Crippen LogP contribution in [0, 0.1) is 5.92 Å². The van der Waals surface area contributed by atoms with Crippen LogP contribution in [0.2, 0.25) is 0 Å². The number of hydrogen-bond donors (Lipinski definition) is 2. The summed E-state index contributed by atoms with van der Waals surface area (Å²) in [7, 11) is 0. The number of nitrogens with two attached hydrogens (primary N) is 1. The van der Waals surface area contributed by atoms with Crippen molar-refractivity contribution in [2.75, 3.05) is 5.73 Å². The van der Waals surface area contributed by atoms with Crippen LogP contribution in [-0.4, -0.2) is 15.2 Å². The van der Waals surface area contributed by atoms with Crippen molar-refractivity contribution in [1.82, 2.24) is 10.1 Å². The Morgan fingerprint density at radius 3 is 3.00 bits per heavy atom. The highest BCUT2D eigenvalue weighted by Crippen LogP contribution is 2.37. The van der Waals surface area contributed by atoms with Crippen molar-refractivity contribution in [3.05, 3.63) is 24.0 Å². The molecule has 2 aromatic rings. The molecule has 1 fully saturated rings. The first-order chi connectivity index (χ1) is 10.2. The third kappa shape index (κ3) is 2.86. The number of nitrogens with zero attached hydrogens (tertiary/aromatic N) is 2. The molecule has 0 aliphatic heterocycles. The van der Waals surface area contributed by atoms with Gasteiger partial charge in [-0.3, -0.25) is 0 Å². The average Bonchev–Trinajstić information content (AvgIpc) is 3.00. The normalized spacial score (nSPS) is 22.3. The van der Waals surface area contributed by atoms with Gasteiger partial charge in [-0.2, -0.15) is 4.98 Å². The van der Waals surface area contributed by atoms with Crippen molar-refractivity contribution in [1.29, 1.82) is 0 Å². The van der Waals surface area contributed by atoms with Gasteiger partial charge < -0.3 is 15.4 Å². The fourth-order valence-electron chi connectivity index (χ4n) is 3.10. The topological polar surface area (TPSA) is 85.2 Å². The maximum absolute atomic E-state index is 9.46. The van der Waals surface area contributed by atoms with Gasteiger partial charge in [-0.05, 0) is 37.0 Å². The molecule has 2 atom stereocenters. The number of phenols is 1. The van der Waals surface area contributed by atoms with Gasteiger partial charge in [0.1, 0.15) is 5.75 Å². The quantitative estimate of drug-likeness (QED) is 0.664. The van der Waals surface area contributed by atoms with Crippen LogP contribution in [0.3, 0.4) is 0 Å². The monoisotopic (exact) mass is 287 g/mol. The third-order valence-corrected chi connectivity index (χ3v) is 4.44. The van der Waals surface area contributed by atoms with E-state index in [2.05, 4.69) is 17.1 Å². The zero-order chi connectivity index (χ0) is 14.8. The SMILES string of the molecule is CCC1CCCC(c2noc(-c3ccc(O)c(N)c3)n2)C1. The van der Waals surface area contributed by atoms with Crippen LogP contribution < -0.4 is 5.73 Å². The highest BCUT2D eigenvalue weighted by atomic mass is 16.5. The van der Waals surface area contributed by atoms with Crippen LogP contribution >= 0.6 is 0 Å². The van der Waals surface area contributed by atoms with E-state index in [-0.39, 0.29) is 5.75 Å². The second-order valence-corrected chi connectivity index (χ2v) is 5.87. The molecule has 21 heavy (non-hydrogen) atoms. The lowest BCUT2D eigenvalue weighted by molar-refractivity contribution is 0.300. The Balaban J connectivity index is 1.81. The van der Waals surface area contributed by atoms with E-state index < -0.39 is 0 Å². The Bertz CT molecular complexity index is 624. The van der Waals surface area contributed by atoms with Crippen molar-refractivity contribution < 1.29 is 9.63 Å². The summed E-state index contributed by atoms with van der Waals surface area (Å²) < 4.78 is 5.37. The van der Waals surface area contributed by atoms with Crippen molar-refractivity contribution in [2.24, 2.45) is 5.92 Å². The summed E-state index contributed by atoms with van der Waals surface area (Å²) in [4.78, 5) is 4.53. The molecule has 0 saturated heterocycles. The smallest absolute Gasteiger partial charge is 0.258 e. The zero-order valence-electron chi connectivity index (χ0n) is 12.2. The van der Waals surface area contributed by atoms with Gasteiger partial charge in [0.05, 0.1) is 5.69 Å². The molecule has 112 valence electrons. The Morgan fingerprint density at radius 2 is 2.24 bits per heavy atom. The maximum Gasteiger partial charge on any atom is 0.258 e. The molecule has 1 saturated carbocycles. The fourth-order valence-corrected chi connectivity index (χ4v) is 3.10. The third-order valence-electron chi connectivity index (χ3n) is 4.44. The number of nitrogen functional groups attached to an aromatic ring is 1. The Labute approximate surface area is 124 Å². The summed E-state index contributed by atoms with van der Waals surface area (Å²) in [5.74, 6) is 2.51. The summed E-state index contributed by atoms with van der Waals surface area (Å²) in [6.45, 7) is 2.24. The van der Waals surface area contributed by atoms with Crippen LogP contribution in [-0.2, 0) is 0 Å². The molecular formula is C16H21N3O2. The first-order valence-corrected chi connectivity index (χ1v) is 7.59. The second kappa shape index (κ2) is 5.76. The number of anilines is 1. The van der Waals surface area contributed by atoms with Crippen LogP contribution in [0.5, 0.6) is 5.75 Å². The molecule has 3 N–H and O–H groups in total. The van der Waals surface area contributed by atoms with Crippen molar-refractivity contribution in [3.63, 3.8) is 0 Å². The lowest BCUT2D eigenvalue weighted by atomic mass is 9.80. The minimum absolute atomic E-state index is 0.0663. The summed E-state index contributed by atoms with van der Waals surface area (Å²) in [5.41, 5.74) is 6.76. The molecule has 1 heterocycles. The molecule has 5 nitrogen and oxygen atoms in total. The van der Waals surface area contributed by atoms with E-state index in [0.717, 1.165) is 30.1 Å². The van der Waals surface area contributed by atoms with E-state index in [9.17, 15) is 5.11 Å². The summed E-state index contributed by atoms with van der Waals surface area (Å²) >= 11 is 0. The minimum atomic E-state index is 0.0663.